The van der Waals surface area contributed by atoms with Crippen LogP contribution in [0, 0.1) is 6.92 Å². The first-order valence-corrected chi connectivity index (χ1v) is 9.39. The highest BCUT2D eigenvalue weighted by Gasteiger charge is 2.26. The monoisotopic (exact) mass is 427 g/mol. The van der Waals surface area contributed by atoms with Crippen molar-refractivity contribution in [3.05, 3.63) is 45.2 Å². The van der Waals surface area contributed by atoms with Gasteiger partial charge in [-0.05, 0) is 25.1 Å². The van der Waals surface area contributed by atoms with Gasteiger partial charge < -0.3 is 14.8 Å². The number of amides is 1. The minimum atomic E-state index is -1.03. The number of fused-ring (bicyclic) bond motifs is 1. The number of aromatic amines is 1. The summed E-state index contributed by atoms with van der Waals surface area (Å²) in [6.07, 6.45) is 0. The molecule has 0 unspecified atom stereocenters. The summed E-state index contributed by atoms with van der Waals surface area (Å²) in [7, 11) is 1.53. The van der Waals surface area contributed by atoms with Crippen LogP contribution < -0.4 is 4.90 Å². The van der Waals surface area contributed by atoms with Gasteiger partial charge in [-0.15, -0.1) is 0 Å². The Morgan fingerprint density at radius 1 is 1.33 bits per heavy atom. The smallest absolute Gasteiger partial charge is 0.335 e. The average Bonchev–Trinajstić information content (AvgIpc) is 3.17. The summed E-state index contributed by atoms with van der Waals surface area (Å²) in [6.45, 7) is 2.25. The second-order valence-electron chi connectivity index (χ2n) is 5.69. The standard InChI is InChI=1S/C17H15Cl2N3O4S/c1-8-12(18)13(19)14(20-8)15(23)22(5-6-26-2)17-21-10-4-3-9(16(24)25)7-11(10)27-17/h3-4,7,20H,5-6H2,1-2H3,(H,24,25). The fraction of sp³-hybridized carbons (Fsp3) is 0.235. The van der Waals surface area contributed by atoms with Crippen molar-refractivity contribution in [3.63, 3.8) is 0 Å². The molecule has 0 aliphatic rings. The Balaban J connectivity index is 2.03. The van der Waals surface area contributed by atoms with Crippen LogP contribution in [0.2, 0.25) is 10.0 Å². The van der Waals surface area contributed by atoms with Gasteiger partial charge in [-0.2, -0.15) is 0 Å². The summed E-state index contributed by atoms with van der Waals surface area (Å²) < 4.78 is 5.76. The van der Waals surface area contributed by atoms with E-state index in [2.05, 4.69) is 9.97 Å². The van der Waals surface area contributed by atoms with E-state index < -0.39 is 11.9 Å². The fourth-order valence-corrected chi connectivity index (χ4v) is 3.92. The number of carboxylic acids is 1. The first-order valence-electron chi connectivity index (χ1n) is 7.81. The molecule has 0 saturated heterocycles. The number of carboxylic acid groups (broad SMARTS) is 1. The first-order chi connectivity index (χ1) is 12.8. The number of ether oxygens (including phenoxy) is 1. The summed E-state index contributed by atoms with van der Waals surface area (Å²) in [5, 5.41) is 10.00. The highest BCUT2D eigenvalue weighted by atomic mass is 35.5. The molecule has 0 aliphatic heterocycles. The van der Waals surface area contributed by atoms with Crippen molar-refractivity contribution in [2.24, 2.45) is 0 Å². The molecule has 0 atom stereocenters. The van der Waals surface area contributed by atoms with E-state index in [0.717, 1.165) is 0 Å². The largest absolute Gasteiger partial charge is 0.478 e. The Bertz CT molecular complexity index is 1030. The molecule has 3 rings (SSSR count). The summed E-state index contributed by atoms with van der Waals surface area (Å²) in [6, 6.07) is 4.61. The number of halogens is 2. The molecule has 3 aromatic rings. The van der Waals surface area contributed by atoms with Gasteiger partial charge in [0.05, 0.1) is 39.0 Å². The molecule has 2 heterocycles. The Morgan fingerprint density at radius 2 is 2.07 bits per heavy atom. The maximum atomic E-state index is 13.1. The highest BCUT2D eigenvalue weighted by molar-refractivity contribution is 7.22. The molecular weight excluding hydrogens is 413 g/mol. The number of nitrogens with zero attached hydrogens (tertiary/aromatic N) is 2. The lowest BCUT2D eigenvalue weighted by molar-refractivity contribution is 0.0697. The zero-order valence-electron chi connectivity index (χ0n) is 14.4. The highest BCUT2D eigenvalue weighted by Crippen LogP contribution is 2.33. The average molecular weight is 428 g/mol. The van der Waals surface area contributed by atoms with Crippen LogP contribution in [0.4, 0.5) is 5.13 Å². The number of benzene rings is 1. The number of hydrogen-bond donors (Lipinski definition) is 2. The van der Waals surface area contributed by atoms with E-state index in [1.54, 1.807) is 13.0 Å². The maximum absolute atomic E-state index is 13.1. The van der Waals surface area contributed by atoms with E-state index >= 15 is 0 Å². The molecule has 142 valence electrons. The number of anilines is 1. The minimum absolute atomic E-state index is 0.149. The molecule has 0 spiro atoms. The molecule has 0 saturated carbocycles. The molecule has 0 bridgehead atoms. The molecule has 10 heteroatoms. The van der Waals surface area contributed by atoms with Crippen LogP contribution in [0.5, 0.6) is 0 Å². The lowest BCUT2D eigenvalue weighted by atomic mass is 10.2. The van der Waals surface area contributed by atoms with Crippen molar-refractivity contribution in [3.8, 4) is 0 Å². The summed E-state index contributed by atoms with van der Waals surface area (Å²) >= 11 is 13.5. The number of carbonyl (C=O) groups excluding carboxylic acids is 1. The molecule has 27 heavy (non-hydrogen) atoms. The van der Waals surface area contributed by atoms with Gasteiger partial charge in [0.2, 0.25) is 0 Å². The Morgan fingerprint density at radius 3 is 2.67 bits per heavy atom. The van der Waals surface area contributed by atoms with Gasteiger partial charge in [-0.25, -0.2) is 9.78 Å². The maximum Gasteiger partial charge on any atom is 0.335 e. The van der Waals surface area contributed by atoms with Gasteiger partial charge in [0.15, 0.2) is 5.13 Å². The molecule has 2 N–H and O–H groups in total. The second kappa shape index (κ2) is 7.85. The molecule has 2 aromatic heterocycles. The third-order valence-corrected chi connectivity index (χ3v) is 5.88. The number of carbonyl (C=O) groups is 2. The van der Waals surface area contributed by atoms with Crippen molar-refractivity contribution in [2.75, 3.05) is 25.2 Å². The van der Waals surface area contributed by atoms with Crippen molar-refractivity contribution in [2.45, 2.75) is 6.92 Å². The predicted molar refractivity (Wildman–Crippen MR) is 106 cm³/mol. The number of methoxy groups -OCH3 is 1. The molecule has 0 aliphatic carbocycles. The number of hydrogen-bond acceptors (Lipinski definition) is 5. The number of nitrogens with one attached hydrogen (secondary N) is 1. The van der Waals surface area contributed by atoms with Gasteiger partial charge in [-0.1, -0.05) is 34.5 Å². The van der Waals surface area contributed by atoms with E-state index in [9.17, 15) is 9.59 Å². The van der Waals surface area contributed by atoms with E-state index in [1.165, 1.54) is 35.5 Å². The molecule has 1 amide bonds. The van der Waals surface area contributed by atoms with Gasteiger partial charge in [-0.3, -0.25) is 9.69 Å². The normalized spacial score (nSPS) is 11.1. The van der Waals surface area contributed by atoms with Crippen LogP contribution in [0.1, 0.15) is 26.5 Å². The van der Waals surface area contributed by atoms with Crippen LogP contribution in [0.3, 0.4) is 0 Å². The lowest BCUT2D eigenvalue weighted by Gasteiger charge is -2.19. The van der Waals surface area contributed by atoms with Crippen molar-refractivity contribution in [1.82, 2.24) is 9.97 Å². The van der Waals surface area contributed by atoms with Gasteiger partial charge in [0.25, 0.3) is 5.91 Å². The number of aromatic nitrogens is 2. The quantitative estimate of drug-likeness (QED) is 0.613. The van der Waals surface area contributed by atoms with E-state index in [0.29, 0.717) is 26.1 Å². The van der Waals surface area contributed by atoms with Crippen molar-refractivity contribution >= 4 is 61.8 Å². The Kier molecular flexibility index (Phi) is 5.71. The number of aryl methyl sites for hydroxylation is 1. The summed E-state index contributed by atoms with van der Waals surface area (Å²) in [5.41, 5.74) is 1.51. The van der Waals surface area contributed by atoms with E-state index in [1.807, 2.05) is 0 Å². The number of H-pyrrole nitrogens is 1. The predicted octanol–water partition coefficient (Wildman–Crippen LogP) is 4.23. The van der Waals surface area contributed by atoms with E-state index in [-0.39, 0.29) is 29.4 Å². The number of thiazole rings is 1. The Hall–Kier alpha value is -2.13. The van der Waals surface area contributed by atoms with Gasteiger partial charge in [0, 0.05) is 12.8 Å². The summed E-state index contributed by atoms with van der Waals surface area (Å²) in [5.74, 6) is -1.42. The molecule has 0 radical (unpaired) electrons. The fourth-order valence-electron chi connectivity index (χ4n) is 2.48. The van der Waals surface area contributed by atoms with Gasteiger partial charge >= 0.3 is 5.97 Å². The Labute approximate surface area is 168 Å². The molecular formula is C17H15Cl2N3O4S. The van der Waals surface area contributed by atoms with Crippen molar-refractivity contribution < 1.29 is 19.4 Å². The van der Waals surface area contributed by atoms with Gasteiger partial charge in [0.1, 0.15) is 5.69 Å². The molecule has 0 fully saturated rings. The van der Waals surface area contributed by atoms with Crippen LogP contribution in [0.15, 0.2) is 18.2 Å². The number of aromatic carboxylic acids is 1. The SMILES string of the molecule is COCCN(C(=O)c1[nH]c(C)c(Cl)c1Cl)c1nc2ccc(C(=O)O)cc2s1. The van der Waals surface area contributed by atoms with Crippen LogP contribution in [-0.4, -0.2) is 47.2 Å². The lowest BCUT2D eigenvalue weighted by Crippen LogP contribution is -2.34. The third-order valence-electron chi connectivity index (χ3n) is 3.89. The second-order valence-corrected chi connectivity index (χ2v) is 7.45. The number of rotatable bonds is 6. The van der Waals surface area contributed by atoms with E-state index in [4.69, 9.17) is 33.0 Å². The molecule has 1 aromatic carbocycles. The first kappa shape index (κ1) is 19.6. The van der Waals surface area contributed by atoms with Crippen LogP contribution in [0.25, 0.3) is 10.2 Å². The summed E-state index contributed by atoms with van der Waals surface area (Å²) in [4.78, 5) is 33.0. The van der Waals surface area contributed by atoms with Crippen LogP contribution >= 0.6 is 34.5 Å². The van der Waals surface area contributed by atoms with Crippen LogP contribution in [-0.2, 0) is 4.74 Å². The molecule has 7 nitrogen and oxygen atoms in total. The zero-order valence-corrected chi connectivity index (χ0v) is 16.7. The minimum Gasteiger partial charge on any atom is -0.478 e. The zero-order chi connectivity index (χ0) is 19.7. The van der Waals surface area contributed by atoms with Crippen molar-refractivity contribution in [1.29, 1.82) is 0 Å². The topological polar surface area (TPSA) is 95.5 Å². The third kappa shape index (κ3) is 3.79.